The van der Waals surface area contributed by atoms with Crippen molar-refractivity contribution >= 4 is 27.3 Å². The smallest absolute Gasteiger partial charge is 0.269 e. The summed E-state index contributed by atoms with van der Waals surface area (Å²) in [5.41, 5.74) is -0.445. The van der Waals surface area contributed by atoms with Crippen LogP contribution in [-0.2, 0) is 9.84 Å². The molecule has 3 aromatic rings. The van der Waals surface area contributed by atoms with Crippen LogP contribution in [-0.4, -0.2) is 31.7 Å². The van der Waals surface area contributed by atoms with Gasteiger partial charge in [0.2, 0.25) is 0 Å². The maximum atomic E-state index is 14.6. The van der Waals surface area contributed by atoms with Crippen molar-refractivity contribution in [3.05, 3.63) is 95.1 Å². The summed E-state index contributed by atoms with van der Waals surface area (Å²) in [7, 11) is -4.34. The van der Waals surface area contributed by atoms with Gasteiger partial charge in [0.1, 0.15) is 28.4 Å². The molecule has 0 radical (unpaired) electrons. The summed E-state index contributed by atoms with van der Waals surface area (Å²) in [6.45, 7) is 0.208. The van der Waals surface area contributed by atoms with Crippen LogP contribution >= 0.6 is 11.6 Å². The zero-order valence-corrected chi connectivity index (χ0v) is 17.4. The molecule has 0 saturated carbocycles. The summed E-state index contributed by atoms with van der Waals surface area (Å²) < 4.78 is 68.4. The van der Waals surface area contributed by atoms with Gasteiger partial charge in [0.15, 0.2) is 9.84 Å². The minimum Gasteiger partial charge on any atom is -0.350 e. The number of halogens is 4. The average molecular weight is 469 g/mol. The summed E-state index contributed by atoms with van der Waals surface area (Å²) in [6.07, 6.45) is 1.10. The van der Waals surface area contributed by atoms with Gasteiger partial charge in [-0.15, -0.1) is 11.6 Å². The van der Waals surface area contributed by atoms with E-state index in [1.807, 2.05) is 0 Å². The number of rotatable bonds is 7. The highest BCUT2D eigenvalue weighted by atomic mass is 35.5. The van der Waals surface area contributed by atoms with Crippen LogP contribution in [0.15, 0.2) is 65.7 Å². The lowest BCUT2D eigenvalue weighted by molar-refractivity contribution is 0.0951. The molecule has 2 aromatic carbocycles. The second-order valence-electron chi connectivity index (χ2n) is 6.47. The van der Waals surface area contributed by atoms with Crippen LogP contribution in [0, 0.1) is 17.5 Å². The maximum Gasteiger partial charge on any atom is 0.269 e. The number of pyridine rings is 1. The third-order valence-electron chi connectivity index (χ3n) is 4.39. The number of amides is 1. The highest BCUT2D eigenvalue weighted by molar-refractivity contribution is 7.91. The molecule has 0 aliphatic carbocycles. The zero-order valence-electron chi connectivity index (χ0n) is 15.9. The number of carbonyl (C=O) groups excluding carboxylic acids is 1. The quantitative estimate of drug-likeness (QED) is 0.419. The summed E-state index contributed by atoms with van der Waals surface area (Å²) in [4.78, 5) is 15.7. The zero-order chi connectivity index (χ0) is 22.6. The largest absolute Gasteiger partial charge is 0.350 e. The number of hydrogen-bond acceptors (Lipinski definition) is 4. The Bertz CT molecular complexity index is 1190. The van der Waals surface area contributed by atoms with Crippen molar-refractivity contribution in [1.82, 2.24) is 10.3 Å². The Morgan fingerprint density at radius 1 is 1.00 bits per heavy atom. The van der Waals surface area contributed by atoms with Gasteiger partial charge in [-0.2, -0.15) is 0 Å². The fraction of sp³-hybridized carbons (Fsp3) is 0.143. The fourth-order valence-corrected chi connectivity index (χ4v) is 4.84. The van der Waals surface area contributed by atoms with Gasteiger partial charge in [0.25, 0.3) is 5.91 Å². The van der Waals surface area contributed by atoms with E-state index in [0.717, 1.165) is 48.7 Å². The number of hydrogen-bond donors (Lipinski definition) is 1. The molecule has 1 N–H and O–H groups in total. The molecule has 0 fully saturated rings. The number of benzene rings is 2. The predicted molar refractivity (Wildman–Crippen MR) is 109 cm³/mol. The van der Waals surface area contributed by atoms with Gasteiger partial charge in [-0.25, -0.2) is 21.6 Å². The van der Waals surface area contributed by atoms with E-state index < -0.39 is 44.0 Å². The highest BCUT2D eigenvalue weighted by Gasteiger charge is 2.33. The molecule has 10 heteroatoms. The first-order chi connectivity index (χ1) is 14.7. The second-order valence-corrected chi connectivity index (χ2v) is 8.88. The Kier molecular flexibility index (Phi) is 6.97. The van der Waals surface area contributed by atoms with Gasteiger partial charge < -0.3 is 5.32 Å². The summed E-state index contributed by atoms with van der Waals surface area (Å²) in [5, 5.41) is 0.831. The molecule has 0 spiro atoms. The molecule has 162 valence electrons. The number of sulfone groups is 1. The molecule has 0 aliphatic heterocycles. The minimum absolute atomic E-state index is 0.00252. The Labute approximate surface area is 181 Å². The van der Waals surface area contributed by atoms with E-state index in [4.69, 9.17) is 11.6 Å². The first kappa shape index (κ1) is 22.8. The topological polar surface area (TPSA) is 76.1 Å². The van der Waals surface area contributed by atoms with Crippen LogP contribution in [0.4, 0.5) is 13.2 Å². The molecule has 1 atom stereocenters. The number of nitrogens with one attached hydrogen (secondary N) is 1. The molecule has 0 saturated heterocycles. The third kappa shape index (κ3) is 5.05. The second kappa shape index (κ2) is 9.49. The molecular weight excluding hydrogens is 453 g/mol. The van der Waals surface area contributed by atoms with Crippen LogP contribution in [0.5, 0.6) is 0 Å². The molecule has 0 aliphatic rings. The molecule has 0 bridgehead atoms. The lowest BCUT2D eigenvalue weighted by Crippen LogP contribution is -2.26. The molecule has 1 heterocycles. The minimum atomic E-state index is -4.34. The molecule has 1 aromatic heterocycles. The maximum absolute atomic E-state index is 14.6. The SMILES string of the molecule is O=C(NCCCl)c1ccc(C(c2cc(F)ccc2F)S(=O)(=O)c2ccc(F)cc2)cn1. The van der Waals surface area contributed by atoms with Gasteiger partial charge in [-0.3, -0.25) is 9.78 Å². The normalized spacial score (nSPS) is 12.4. The van der Waals surface area contributed by atoms with E-state index in [2.05, 4.69) is 10.3 Å². The summed E-state index contributed by atoms with van der Waals surface area (Å²) in [5.74, 6) is -2.76. The van der Waals surface area contributed by atoms with Gasteiger partial charge in [-0.1, -0.05) is 6.07 Å². The van der Waals surface area contributed by atoms with Gasteiger partial charge in [0, 0.05) is 24.2 Å². The molecule has 31 heavy (non-hydrogen) atoms. The van der Waals surface area contributed by atoms with E-state index in [0.29, 0.717) is 0 Å². The Morgan fingerprint density at radius 2 is 1.68 bits per heavy atom. The number of alkyl halides is 1. The van der Waals surface area contributed by atoms with Crippen molar-refractivity contribution in [2.45, 2.75) is 10.1 Å². The fourth-order valence-electron chi connectivity index (χ4n) is 2.95. The first-order valence-corrected chi connectivity index (χ1v) is 11.1. The van der Waals surface area contributed by atoms with Crippen molar-refractivity contribution in [3.8, 4) is 0 Å². The summed E-state index contributed by atoms with van der Waals surface area (Å²) in [6, 6.07) is 9.00. The third-order valence-corrected chi connectivity index (χ3v) is 6.66. The molecule has 5 nitrogen and oxygen atoms in total. The van der Waals surface area contributed by atoms with E-state index in [1.54, 1.807) is 0 Å². The Balaban J connectivity index is 2.12. The Morgan fingerprint density at radius 3 is 2.29 bits per heavy atom. The van der Waals surface area contributed by atoms with E-state index in [-0.39, 0.29) is 28.6 Å². The lowest BCUT2D eigenvalue weighted by atomic mass is 10.0. The van der Waals surface area contributed by atoms with Crippen molar-refractivity contribution in [1.29, 1.82) is 0 Å². The number of nitrogens with zero attached hydrogens (tertiary/aromatic N) is 1. The standard InChI is InChI=1S/C21H16ClF3N2O3S/c22-9-10-26-21(28)19-8-1-13(12-27-19)20(17-11-15(24)4-7-18(17)25)31(29,30)16-5-2-14(23)3-6-16/h1-8,11-12,20H,9-10H2,(H,26,28). The van der Waals surface area contributed by atoms with Crippen LogP contribution < -0.4 is 5.32 Å². The monoisotopic (exact) mass is 468 g/mol. The van der Waals surface area contributed by atoms with Crippen LogP contribution in [0.2, 0.25) is 0 Å². The molecular formula is C21H16ClF3N2O3S. The van der Waals surface area contributed by atoms with Gasteiger partial charge >= 0.3 is 0 Å². The summed E-state index contributed by atoms with van der Waals surface area (Å²) >= 11 is 5.52. The lowest BCUT2D eigenvalue weighted by Gasteiger charge is -2.19. The average Bonchev–Trinajstić information content (AvgIpc) is 2.75. The van der Waals surface area contributed by atoms with E-state index >= 15 is 0 Å². The number of aromatic nitrogens is 1. The van der Waals surface area contributed by atoms with E-state index in [1.165, 1.54) is 12.1 Å². The molecule has 3 rings (SSSR count). The molecule has 1 unspecified atom stereocenters. The van der Waals surface area contributed by atoms with Gasteiger partial charge in [-0.05, 0) is 54.1 Å². The predicted octanol–water partition coefficient (Wildman–Crippen LogP) is 4.03. The van der Waals surface area contributed by atoms with Crippen molar-refractivity contribution in [2.24, 2.45) is 0 Å². The highest BCUT2D eigenvalue weighted by Crippen LogP contribution is 2.36. The van der Waals surface area contributed by atoms with Gasteiger partial charge in [0.05, 0.1) is 4.90 Å². The van der Waals surface area contributed by atoms with Crippen molar-refractivity contribution in [2.75, 3.05) is 12.4 Å². The van der Waals surface area contributed by atoms with Crippen LogP contribution in [0.25, 0.3) is 0 Å². The van der Waals surface area contributed by atoms with Crippen LogP contribution in [0.3, 0.4) is 0 Å². The first-order valence-electron chi connectivity index (χ1n) is 8.98. The molecule has 1 amide bonds. The van der Waals surface area contributed by atoms with Crippen molar-refractivity contribution in [3.63, 3.8) is 0 Å². The van der Waals surface area contributed by atoms with Crippen molar-refractivity contribution < 1.29 is 26.4 Å². The van der Waals surface area contributed by atoms with Crippen LogP contribution in [0.1, 0.15) is 26.9 Å². The van der Waals surface area contributed by atoms with E-state index in [9.17, 15) is 26.4 Å². The number of carbonyl (C=O) groups is 1. The Hall–Kier alpha value is -2.91.